The van der Waals surface area contributed by atoms with Crippen molar-refractivity contribution in [1.82, 2.24) is 9.88 Å². The van der Waals surface area contributed by atoms with Gasteiger partial charge in [-0.15, -0.1) is 0 Å². The molecule has 0 spiro atoms. The summed E-state index contributed by atoms with van der Waals surface area (Å²) in [6.07, 6.45) is -2.58. The number of hydrogen-bond acceptors (Lipinski definition) is 6. The van der Waals surface area contributed by atoms with Crippen LogP contribution in [0.5, 0.6) is 0 Å². The number of ether oxygens (including phenoxy) is 1. The Labute approximate surface area is 271 Å². The van der Waals surface area contributed by atoms with E-state index >= 15 is 0 Å². The highest BCUT2D eigenvalue weighted by Gasteiger charge is 2.30. The van der Waals surface area contributed by atoms with Crippen molar-refractivity contribution in [3.8, 4) is 22.3 Å². The molecule has 4 N–H and O–H groups in total. The lowest BCUT2D eigenvalue weighted by molar-refractivity contribution is -0.139. The SMILES string of the molecule is COC(=O)c1ccc(CNC(=O)c2c(-c3ccccc3)c(-c3ccc(F)cc3)c(CC[C@@H](O)C[C@@H](O)CC(=O)O)n2C(C)C)c(F)c1. The lowest BCUT2D eigenvalue weighted by Gasteiger charge is -2.20. The molecule has 0 bridgehead atoms. The molecule has 4 aromatic rings. The summed E-state index contributed by atoms with van der Waals surface area (Å²) in [5.41, 5.74) is 3.64. The summed E-state index contributed by atoms with van der Waals surface area (Å²) in [5, 5.41) is 32.7. The van der Waals surface area contributed by atoms with Crippen LogP contribution in [0.2, 0.25) is 0 Å². The predicted molar refractivity (Wildman–Crippen MR) is 172 cm³/mol. The van der Waals surface area contributed by atoms with Crippen molar-refractivity contribution >= 4 is 17.8 Å². The van der Waals surface area contributed by atoms with Crippen LogP contribution in [-0.2, 0) is 22.5 Å². The lowest BCUT2D eigenvalue weighted by Crippen LogP contribution is -2.28. The number of hydrogen-bond donors (Lipinski definition) is 4. The third-order valence-corrected chi connectivity index (χ3v) is 7.82. The number of carbonyl (C=O) groups excluding carboxylic acids is 2. The number of aliphatic carboxylic acids is 1. The number of methoxy groups -OCH3 is 1. The first-order valence-electron chi connectivity index (χ1n) is 15.2. The molecule has 11 heteroatoms. The molecule has 0 radical (unpaired) electrons. The Bertz CT molecular complexity index is 1720. The van der Waals surface area contributed by atoms with E-state index in [0.717, 1.165) is 6.07 Å². The Morgan fingerprint density at radius 2 is 1.55 bits per heavy atom. The van der Waals surface area contributed by atoms with E-state index < -0.39 is 48.1 Å². The van der Waals surface area contributed by atoms with E-state index in [1.807, 2.05) is 48.7 Å². The van der Waals surface area contributed by atoms with Crippen molar-refractivity contribution in [1.29, 1.82) is 0 Å². The Morgan fingerprint density at radius 1 is 0.894 bits per heavy atom. The summed E-state index contributed by atoms with van der Waals surface area (Å²) in [5.74, 6) is -3.52. The highest BCUT2D eigenvalue weighted by Crippen LogP contribution is 2.42. The third kappa shape index (κ3) is 8.49. The summed E-state index contributed by atoms with van der Waals surface area (Å²) in [6, 6.07) is 18.6. The van der Waals surface area contributed by atoms with Gasteiger partial charge < -0.3 is 29.9 Å². The minimum absolute atomic E-state index is 0.0337. The second-order valence-electron chi connectivity index (χ2n) is 11.5. The van der Waals surface area contributed by atoms with Crippen molar-refractivity contribution in [2.45, 2.75) is 64.3 Å². The Hall–Kier alpha value is -4.87. The van der Waals surface area contributed by atoms with Gasteiger partial charge in [-0.2, -0.15) is 0 Å². The second-order valence-corrected chi connectivity index (χ2v) is 11.5. The number of aliphatic hydroxyl groups excluding tert-OH is 2. The van der Waals surface area contributed by atoms with Crippen molar-refractivity contribution in [3.05, 3.63) is 107 Å². The van der Waals surface area contributed by atoms with Gasteiger partial charge in [0, 0.05) is 35.0 Å². The van der Waals surface area contributed by atoms with Gasteiger partial charge in [0.2, 0.25) is 0 Å². The van der Waals surface area contributed by atoms with Crippen molar-refractivity contribution < 1.29 is 43.2 Å². The molecular weight excluding hydrogens is 610 g/mol. The fourth-order valence-electron chi connectivity index (χ4n) is 5.71. The van der Waals surface area contributed by atoms with Gasteiger partial charge in [-0.3, -0.25) is 9.59 Å². The fraction of sp³-hybridized carbons (Fsp3) is 0.306. The molecule has 1 amide bonds. The van der Waals surface area contributed by atoms with E-state index in [0.29, 0.717) is 27.9 Å². The normalized spacial score (nSPS) is 12.5. The first kappa shape index (κ1) is 35.0. The number of carboxylic acids is 1. The maximum atomic E-state index is 14.9. The number of nitrogens with one attached hydrogen (secondary N) is 1. The number of esters is 1. The highest BCUT2D eigenvalue weighted by atomic mass is 19.1. The van der Waals surface area contributed by atoms with Crippen LogP contribution in [-0.4, -0.2) is 57.1 Å². The summed E-state index contributed by atoms with van der Waals surface area (Å²) >= 11 is 0. The molecule has 0 aliphatic carbocycles. The van der Waals surface area contributed by atoms with E-state index in [-0.39, 0.29) is 48.7 Å². The van der Waals surface area contributed by atoms with E-state index in [9.17, 15) is 33.4 Å². The Morgan fingerprint density at radius 3 is 2.15 bits per heavy atom. The van der Waals surface area contributed by atoms with E-state index in [1.165, 1.54) is 31.4 Å². The zero-order valence-corrected chi connectivity index (χ0v) is 26.4. The van der Waals surface area contributed by atoms with Crippen molar-refractivity contribution in [2.75, 3.05) is 7.11 Å². The van der Waals surface area contributed by atoms with E-state index in [1.54, 1.807) is 12.1 Å². The summed E-state index contributed by atoms with van der Waals surface area (Å²) in [7, 11) is 1.19. The molecule has 1 heterocycles. The largest absolute Gasteiger partial charge is 0.481 e. The minimum Gasteiger partial charge on any atom is -0.481 e. The van der Waals surface area contributed by atoms with Crippen LogP contribution in [0.1, 0.15) is 71.3 Å². The third-order valence-electron chi connectivity index (χ3n) is 7.82. The second kappa shape index (κ2) is 15.6. The van der Waals surface area contributed by atoms with Gasteiger partial charge in [0.15, 0.2) is 0 Å². The topological polar surface area (TPSA) is 138 Å². The number of benzene rings is 3. The fourth-order valence-corrected chi connectivity index (χ4v) is 5.71. The number of halogens is 2. The summed E-state index contributed by atoms with van der Waals surface area (Å²) in [4.78, 5) is 37.0. The first-order valence-corrected chi connectivity index (χ1v) is 15.2. The van der Waals surface area contributed by atoms with Crippen LogP contribution in [0.15, 0.2) is 72.8 Å². The molecule has 0 unspecified atom stereocenters. The van der Waals surface area contributed by atoms with Gasteiger partial charge in [-0.05, 0) is 68.5 Å². The Kier molecular flexibility index (Phi) is 11.6. The van der Waals surface area contributed by atoms with Crippen LogP contribution in [0, 0.1) is 11.6 Å². The standard InChI is InChI=1S/C36H38F2N2O7/c1-21(2)40-30(16-15-27(41)18-28(42)19-31(43)44)32(23-11-13-26(37)14-12-23)33(22-7-5-4-6-8-22)34(40)35(45)39-20-25-10-9-24(17-29(25)38)36(46)47-3/h4-14,17,21,27-28,41-42H,15-16,18-20H2,1-3H3,(H,39,45)(H,43,44)/t27-,28-/m1/s1. The molecule has 3 aromatic carbocycles. The Balaban J connectivity index is 1.83. The zero-order valence-electron chi connectivity index (χ0n) is 26.4. The smallest absolute Gasteiger partial charge is 0.337 e. The van der Waals surface area contributed by atoms with Crippen LogP contribution < -0.4 is 5.32 Å². The lowest BCUT2D eigenvalue weighted by atomic mass is 9.92. The van der Waals surface area contributed by atoms with E-state index in [4.69, 9.17) is 5.11 Å². The molecule has 2 atom stereocenters. The first-order chi connectivity index (χ1) is 22.4. The quantitative estimate of drug-likeness (QED) is 0.125. The molecular formula is C36H38F2N2O7. The summed E-state index contributed by atoms with van der Waals surface area (Å²) < 4.78 is 35.5. The summed E-state index contributed by atoms with van der Waals surface area (Å²) in [6.45, 7) is 3.59. The van der Waals surface area contributed by atoms with Crippen LogP contribution in [0.25, 0.3) is 22.3 Å². The van der Waals surface area contributed by atoms with Crippen molar-refractivity contribution in [3.63, 3.8) is 0 Å². The number of aliphatic hydroxyl groups is 2. The van der Waals surface area contributed by atoms with Gasteiger partial charge in [0.05, 0.1) is 31.3 Å². The van der Waals surface area contributed by atoms with Gasteiger partial charge in [-0.1, -0.05) is 48.5 Å². The molecule has 0 saturated carbocycles. The number of carboxylic acid groups (broad SMARTS) is 1. The predicted octanol–water partition coefficient (Wildman–Crippen LogP) is 5.92. The van der Waals surface area contributed by atoms with Crippen LogP contribution >= 0.6 is 0 Å². The molecule has 248 valence electrons. The molecule has 47 heavy (non-hydrogen) atoms. The molecule has 1 aromatic heterocycles. The molecule has 0 fully saturated rings. The number of nitrogens with zero attached hydrogens (tertiary/aromatic N) is 1. The number of aromatic nitrogens is 1. The average molecular weight is 649 g/mol. The van der Waals surface area contributed by atoms with Crippen molar-refractivity contribution in [2.24, 2.45) is 0 Å². The van der Waals surface area contributed by atoms with Gasteiger partial charge in [0.25, 0.3) is 5.91 Å². The molecule has 4 rings (SSSR count). The monoisotopic (exact) mass is 648 g/mol. The van der Waals surface area contributed by atoms with E-state index in [2.05, 4.69) is 10.1 Å². The van der Waals surface area contributed by atoms with Gasteiger partial charge in [-0.25, -0.2) is 13.6 Å². The van der Waals surface area contributed by atoms with Crippen LogP contribution in [0.3, 0.4) is 0 Å². The van der Waals surface area contributed by atoms with Gasteiger partial charge in [0.1, 0.15) is 17.3 Å². The molecule has 9 nitrogen and oxygen atoms in total. The number of carbonyl (C=O) groups is 3. The van der Waals surface area contributed by atoms with Crippen LogP contribution in [0.4, 0.5) is 8.78 Å². The number of rotatable bonds is 14. The minimum atomic E-state index is -1.24. The molecule has 0 aliphatic rings. The maximum absolute atomic E-state index is 14.9. The van der Waals surface area contributed by atoms with Gasteiger partial charge >= 0.3 is 11.9 Å². The average Bonchev–Trinajstić information content (AvgIpc) is 3.38. The molecule has 0 saturated heterocycles. The maximum Gasteiger partial charge on any atom is 0.337 e. The molecule has 0 aliphatic heterocycles. The zero-order chi connectivity index (χ0) is 34.2. The number of amides is 1. The highest BCUT2D eigenvalue weighted by molar-refractivity contribution is 6.05.